The van der Waals surface area contributed by atoms with Gasteiger partial charge in [-0.15, -0.1) is 0 Å². The van der Waals surface area contributed by atoms with E-state index in [0.29, 0.717) is 30.0 Å². The Balaban J connectivity index is 1.85. The van der Waals surface area contributed by atoms with Gasteiger partial charge in [-0.05, 0) is 54.8 Å². The van der Waals surface area contributed by atoms with Gasteiger partial charge in [0.15, 0.2) is 28.2 Å². The predicted molar refractivity (Wildman–Crippen MR) is 147 cm³/mol. The second-order valence-electron chi connectivity index (χ2n) is 8.70. The summed E-state index contributed by atoms with van der Waals surface area (Å²) in [6.45, 7) is 4.61. The molecule has 0 saturated heterocycles. The number of benzene rings is 1. The Morgan fingerprint density at radius 3 is 2.38 bits per heavy atom. The highest BCUT2D eigenvalue weighted by atomic mass is 32.2. The molecular formula is C27H30N6O5S. The zero-order chi connectivity index (χ0) is 27.8. The van der Waals surface area contributed by atoms with Crippen molar-refractivity contribution in [1.82, 2.24) is 19.9 Å². The molecule has 0 aliphatic heterocycles. The molecule has 0 aliphatic rings. The molecule has 39 heavy (non-hydrogen) atoms. The number of nitrogens with two attached hydrogens (primary N) is 1. The summed E-state index contributed by atoms with van der Waals surface area (Å²) in [6.07, 6.45) is 5.24. The summed E-state index contributed by atoms with van der Waals surface area (Å²) < 4.78 is 46.9. The maximum Gasteiger partial charge on any atom is 0.280 e. The lowest BCUT2D eigenvalue weighted by molar-refractivity contribution is 0.284. The van der Waals surface area contributed by atoms with Crippen molar-refractivity contribution in [3.05, 3.63) is 72.7 Å². The molecule has 12 heteroatoms. The van der Waals surface area contributed by atoms with E-state index in [1.54, 1.807) is 54.9 Å². The lowest BCUT2D eigenvalue weighted by atomic mass is 10.1. The molecule has 204 valence electrons. The van der Waals surface area contributed by atoms with Gasteiger partial charge in [0.25, 0.3) is 15.9 Å². The van der Waals surface area contributed by atoms with Gasteiger partial charge in [0.05, 0.1) is 13.7 Å². The van der Waals surface area contributed by atoms with Crippen molar-refractivity contribution < 1.29 is 22.6 Å². The first-order chi connectivity index (χ1) is 18.8. The van der Waals surface area contributed by atoms with Gasteiger partial charge in [0.2, 0.25) is 5.75 Å². The number of rotatable bonds is 12. The highest BCUT2D eigenvalue weighted by Gasteiger charge is 2.26. The minimum Gasteiger partial charge on any atom is -0.493 e. The summed E-state index contributed by atoms with van der Waals surface area (Å²) in [6, 6.07) is 13.5. The largest absolute Gasteiger partial charge is 0.493 e. The monoisotopic (exact) mass is 550 g/mol. The van der Waals surface area contributed by atoms with Crippen LogP contribution >= 0.6 is 0 Å². The van der Waals surface area contributed by atoms with Gasteiger partial charge in [-0.3, -0.25) is 9.71 Å². The molecule has 4 rings (SSSR count). The summed E-state index contributed by atoms with van der Waals surface area (Å²) in [5, 5.41) is -0.176. The smallest absolute Gasteiger partial charge is 0.280 e. The molecule has 4 aromatic rings. The van der Waals surface area contributed by atoms with Gasteiger partial charge in [-0.1, -0.05) is 32.0 Å². The van der Waals surface area contributed by atoms with Gasteiger partial charge in [0.1, 0.15) is 0 Å². The van der Waals surface area contributed by atoms with E-state index in [4.69, 9.17) is 19.9 Å². The van der Waals surface area contributed by atoms with E-state index in [0.717, 1.165) is 5.56 Å². The van der Waals surface area contributed by atoms with Crippen molar-refractivity contribution in [2.45, 2.75) is 31.2 Å². The molecular weight excluding hydrogens is 520 g/mol. The third kappa shape index (κ3) is 6.78. The van der Waals surface area contributed by atoms with Gasteiger partial charge in [-0.25, -0.2) is 9.97 Å². The molecule has 0 spiro atoms. The van der Waals surface area contributed by atoms with E-state index in [9.17, 15) is 8.42 Å². The number of nitrogens with zero attached hydrogens (tertiary/aromatic N) is 4. The van der Waals surface area contributed by atoms with Crippen molar-refractivity contribution in [2.75, 3.05) is 25.0 Å². The fourth-order valence-corrected chi connectivity index (χ4v) is 4.39. The minimum absolute atomic E-state index is 0.0250. The third-order valence-corrected chi connectivity index (χ3v) is 6.83. The molecule has 0 radical (unpaired) electrons. The van der Waals surface area contributed by atoms with Gasteiger partial charge in [0, 0.05) is 24.2 Å². The summed E-state index contributed by atoms with van der Waals surface area (Å²) >= 11 is 0. The maximum atomic E-state index is 13.4. The minimum atomic E-state index is -4.18. The molecule has 3 aromatic heterocycles. The number of para-hydroxylation sites is 2. The van der Waals surface area contributed by atoms with Crippen molar-refractivity contribution in [2.24, 2.45) is 5.73 Å². The summed E-state index contributed by atoms with van der Waals surface area (Å²) in [5.74, 6) is 0.968. The molecule has 0 saturated carbocycles. The lowest BCUT2D eigenvalue weighted by Gasteiger charge is -2.18. The molecule has 0 fully saturated rings. The van der Waals surface area contributed by atoms with Crippen LogP contribution in [0.25, 0.3) is 11.4 Å². The Labute approximate surface area is 227 Å². The molecule has 3 heterocycles. The van der Waals surface area contributed by atoms with Crippen molar-refractivity contribution >= 4 is 15.8 Å². The van der Waals surface area contributed by atoms with E-state index < -0.39 is 10.0 Å². The van der Waals surface area contributed by atoms with Crippen molar-refractivity contribution in [1.29, 1.82) is 0 Å². The lowest BCUT2D eigenvalue weighted by Crippen LogP contribution is -2.17. The Morgan fingerprint density at radius 2 is 1.74 bits per heavy atom. The van der Waals surface area contributed by atoms with Crippen LogP contribution in [0.4, 0.5) is 5.82 Å². The van der Waals surface area contributed by atoms with Gasteiger partial charge >= 0.3 is 0 Å². The average molecular weight is 551 g/mol. The topological polar surface area (TPSA) is 151 Å². The Kier molecular flexibility index (Phi) is 8.89. The number of hydrogen-bond donors (Lipinski definition) is 2. The number of nitrogens with one attached hydrogen (secondary N) is 1. The molecule has 3 N–H and O–H groups in total. The molecule has 11 nitrogen and oxygen atoms in total. The first-order valence-electron chi connectivity index (χ1n) is 12.3. The molecule has 0 atom stereocenters. The highest BCUT2D eigenvalue weighted by Crippen LogP contribution is 2.41. The van der Waals surface area contributed by atoms with Crippen LogP contribution in [0.2, 0.25) is 0 Å². The molecule has 0 unspecified atom stereocenters. The van der Waals surface area contributed by atoms with Crippen molar-refractivity contribution in [3.8, 4) is 34.5 Å². The summed E-state index contributed by atoms with van der Waals surface area (Å²) in [7, 11) is -2.68. The number of methoxy groups -OCH3 is 1. The summed E-state index contributed by atoms with van der Waals surface area (Å²) in [4.78, 5) is 17.2. The van der Waals surface area contributed by atoms with Crippen LogP contribution in [0.5, 0.6) is 23.1 Å². The van der Waals surface area contributed by atoms with E-state index >= 15 is 0 Å². The second kappa shape index (κ2) is 12.5. The quantitative estimate of drug-likeness (QED) is 0.243. The molecule has 0 bridgehead atoms. The fourth-order valence-electron chi connectivity index (χ4n) is 3.46. The second-order valence-corrected chi connectivity index (χ2v) is 10.3. The van der Waals surface area contributed by atoms with Crippen LogP contribution in [-0.4, -0.2) is 48.6 Å². The van der Waals surface area contributed by atoms with Crippen molar-refractivity contribution in [3.63, 3.8) is 0 Å². The van der Waals surface area contributed by atoms with Crippen LogP contribution in [0.1, 0.15) is 31.7 Å². The van der Waals surface area contributed by atoms with Crippen LogP contribution in [-0.2, 0) is 10.0 Å². The highest BCUT2D eigenvalue weighted by molar-refractivity contribution is 7.92. The van der Waals surface area contributed by atoms with E-state index in [1.165, 1.54) is 19.4 Å². The third-order valence-electron chi connectivity index (χ3n) is 5.57. The number of pyridine rings is 2. The number of sulfonamides is 1. The first kappa shape index (κ1) is 27.7. The Hall–Kier alpha value is -4.29. The van der Waals surface area contributed by atoms with E-state index in [2.05, 4.69) is 24.7 Å². The SMILES string of the molecule is COc1ccccc1Oc1c(NS(=O)(=O)c2ccc(C(C)C)cn2)nc(-c2ccncc2)nc1OCCCN. The summed E-state index contributed by atoms with van der Waals surface area (Å²) in [5.41, 5.74) is 7.16. The maximum absolute atomic E-state index is 13.4. The fraction of sp³-hybridized carbons (Fsp3) is 0.259. The number of anilines is 1. The van der Waals surface area contributed by atoms with E-state index in [-0.39, 0.29) is 40.8 Å². The number of hydrogen-bond acceptors (Lipinski definition) is 10. The average Bonchev–Trinajstić information content (AvgIpc) is 2.95. The molecule has 1 aromatic carbocycles. The van der Waals surface area contributed by atoms with Crippen LogP contribution in [0.15, 0.2) is 72.1 Å². The van der Waals surface area contributed by atoms with Crippen LogP contribution in [0, 0.1) is 0 Å². The standard InChI is InChI=1S/C27H30N6O5S/c1-18(2)20-9-10-23(30-17-20)39(34,35)33-26-24(38-22-8-5-4-7-21(22)36-3)27(37-16-6-13-28)32-25(31-26)19-11-14-29-15-12-19/h4-5,7-12,14-15,17-18H,6,13,16,28H2,1-3H3,(H,31,32,33). The zero-order valence-electron chi connectivity index (χ0n) is 21.9. The molecule has 0 aliphatic carbocycles. The normalized spacial score (nSPS) is 11.3. The number of ether oxygens (including phenoxy) is 3. The predicted octanol–water partition coefficient (Wildman–Crippen LogP) is 4.39. The van der Waals surface area contributed by atoms with Gasteiger partial charge in [-0.2, -0.15) is 13.4 Å². The van der Waals surface area contributed by atoms with Gasteiger partial charge < -0.3 is 19.9 Å². The van der Waals surface area contributed by atoms with Crippen LogP contribution < -0.4 is 24.7 Å². The zero-order valence-corrected chi connectivity index (χ0v) is 22.7. The van der Waals surface area contributed by atoms with E-state index in [1.807, 2.05) is 13.8 Å². The van der Waals surface area contributed by atoms with Crippen LogP contribution in [0.3, 0.4) is 0 Å². The molecule has 0 amide bonds. The first-order valence-corrected chi connectivity index (χ1v) is 13.8. The Bertz CT molecular complexity index is 1500. The number of aromatic nitrogens is 4. The Morgan fingerprint density at radius 1 is 1.00 bits per heavy atom.